The van der Waals surface area contributed by atoms with Crippen molar-refractivity contribution in [1.82, 2.24) is 9.88 Å². The van der Waals surface area contributed by atoms with Gasteiger partial charge in [0, 0.05) is 30.5 Å². The van der Waals surface area contributed by atoms with E-state index in [1.54, 1.807) is 18.3 Å². The maximum Gasteiger partial charge on any atom is 0.127 e. The molecule has 1 N–H and O–H groups in total. The first-order chi connectivity index (χ1) is 10.8. The third-order valence-electron chi connectivity index (χ3n) is 4.30. The van der Waals surface area contributed by atoms with E-state index in [2.05, 4.69) is 22.0 Å². The van der Waals surface area contributed by atoms with E-state index in [1.807, 2.05) is 24.4 Å². The topological polar surface area (TPSA) is 60.1 Å². The molecule has 0 unspecified atom stereocenters. The van der Waals surface area contributed by atoms with Gasteiger partial charge in [-0.25, -0.2) is 0 Å². The summed E-state index contributed by atoms with van der Waals surface area (Å²) in [4.78, 5) is 6.40. The Labute approximate surface area is 130 Å². The number of hydrogen-bond donors (Lipinski definition) is 1. The van der Waals surface area contributed by atoms with Crippen LogP contribution >= 0.6 is 0 Å². The van der Waals surface area contributed by atoms with Crippen molar-refractivity contribution in [2.45, 2.75) is 31.3 Å². The lowest BCUT2D eigenvalue weighted by Gasteiger charge is -2.38. The summed E-state index contributed by atoms with van der Waals surface area (Å²) in [5.74, 6) is 0.185. The van der Waals surface area contributed by atoms with Crippen molar-refractivity contribution in [3.8, 4) is 11.8 Å². The molecule has 4 nitrogen and oxygen atoms in total. The van der Waals surface area contributed by atoms with Crippen molar-refractivity contribution in [1.29, 1.82) is 5.26 Å². The van der Waals surface area contributed by atoms with Gasteiger partial charge in [-0.05, 0) is 30.5 Å². The van der Waals surface area contributed by atoms with Crippen LogP contribution in [0.25, 0.3) is 0 Å². The number of phenols is 1. The lowest BCUT2D eigenvalue weighted by Crippen LogP contribution is -2.36. The number of aromatic hydroxyl groups is 1. The van der Waals surface area contributed by atoms with Gasteiger partial charge in [0.1, 0.15) is 11.8 Å². The van der Waals surface area contributed by atoms with Crippen LogP contribution in [0.1, 0.15) is 42.5 Å². The van der Waals surface area contributed by atoms with Crippen molar-refractivity contribution in [2.75, 3.05) is 6.54 Å². The molecule has 0 spiro atoms. The summed E-state index contributed by atoms with van der Waals surface area (Å²) >= 11 is 0. The number of hydrogen-bond acceptors (Lipinski definition) is 4. The zero-order valence-corrected chi connectivity index (χ0v) is 12.4. The Bertz CT molecular complexity index is 666. The highest BCUT2D eigenvalue weighted by Crippen LogP contribution is 2.39. The van der Waals surface area contributed by atoms with Gasteiger partial charge >= 0.3 is 0 Å². The van der Waals surface area contributed by atoms with E-state index in [1.165, 1.54) is 0 Å². The van der Waals surface area contributed by atoms with Gasteiger partial charge in [0.25, 0.3) is 0 Å². The van der Waals surface area contributed by atoms with E-state index in [0.29, 0.717) is 5.56 Å². The lowest BCUT2D eigenvalue weighted by molar-refractivity contribution is 0.118. The highest BCUT2D eigenvalue weighted by molar-refractivity contribution is 5.38. The van der Waals surface area contributed by atoms with Gasteiger partial charge in [-0.15, -0.1) is 0 Å². The summed E-state index contributed by atoms with van der Waals surface area (Å²) < 4.78 is 0. The Hall–Kier alpha value is -2.38. The fraction of sp³-hybridized carbons (Fsp3) is 0.333. The van der Waals surface area contributed by atoms with E-state index >= 15 is 0 Å². The van der Waals surface area contributed by atoms with Crippen LogP contribution in [0.3, 0.4) is 0 Å². The molecule has 0 saturated carbocycles. The second-order valence-corrected chi connectivity index (χ2v) is 5.63. The molecule has 22 heavy (non-hydrogen) atoms. The Kier molecular flexibility index (Phi) is 4.36. The number of likely N-dealkylation sites (tertiary alicyclic amines) is 1. The molecular formula is C18H19N3O. The first kappa shape index (κ1) is 14.6. The number of benzene rings is 1. The summed E-state index contributed by atoms with van der Waals surface area (Å²) in [6, 6.07) is 13.2. The Morgan fingerprint density at radius 1 is 1.23 bits per heavy atom. The Balaban J connectivity index is 1.96. The zero-order valence-electron chi connectivity index (χ0n) is 12.4. The monoisotopic (exact) mass is 293 g/mol. The molecule has 3 rings (SSSR count). The molecule has 1 fully saturated rings. The SMILES string of the molecule is N#C[C@H](c1ccccc1O)N1CCCC[C@H]1c1cccnc1. The van der Waals surface area contributed by atoms with Crippen LogP contribution in [0, 0.1) is 11.3 Å². The molecule has 1 aliphatic rings. The number of piperidine rings is 1. The molecule has 2 aromatic rings. The molecule has 1 saturated heterocycles. The number of pyridine rings is 1. The van der Waals surface area contributed by atoms with Gasteiger partial charge in [0.2, 0.25) is 0 Å². The lowest BCUT2D eigenvalue weighted by atomic mass is 9.92. The third kappa shape index (κ3) is 2.81. The number of phenolic OH excluding ortho intramolecular Hbond substituents is 1. The van der Waals surface area contributed by atoms with E-state index in [-0.39, 0.29) is 11.8 Å². The molecule has 2 atom stereocenters. The smallest absolute Gasteiger partial charge is 0.127 e. The zero-order chi connectivity index (χ0) is 15.4. The summed E-state index contributed by atoms with van der Waals surface area (Å²) in [5, 5.41) is 19.8. The van der Waals surface area contributed by atoms with E-state index in [4.69, 9.17) is 0 Å². The standard InChI is InChI=1S/C18H19N3O/c19-12-17(15-7-1-2-9-18(15)22)21-11-4-3-8-16(21)14-6-5-10-20-13-14/h1-2,5-7,9-10,13,16-17,22H,3-4,8,11H2/t16-,17+/m0/s1. The van der Waals surface area contributed by atoms with E-state index in [9.17, 15) is 10.4 Å². The van der Waals surface area contributed by atoms with Crippen LogP contribution in [0.2, 0.25) is 0 Å². The molecule has 1 aliphatic heterocycles. The number of nitriles is 1. The molecule has 112 valence electrons. The summed E-state index contributed by atoms with van der Waals surface area (Å²) in [6.45, 7) is 0.853. The van der Waals surface area contributed by atoms with Gasteiger partial charge in [-0.3, -0.25) is 9.88 Å². The molecule has 4 heteroatoms. The molecule has 0 aliphatic carbocycles. The highest BCUT2D eigenvalue weighted by Gasteiger charge is 2.32. The first-order valence-electron chi connectivity index (χ1n) is 7.64. The summed E-state index contributed by atoms with van der Waals surface area (Å²) in [7, 11) is 0. The molecule has 1 aromatic carbocycles. The molecule has 2 heterocycles. The Morgan fingerprint density at radius 3 is 2.82 bits per heavy atom. The minimum atomic E-state index is -0.438. The summed E-state index contributed by atoms with van der Waals surface area (Å²) in [6.07, 6.45) is 6.87. The Morgan fingerprint density at radius 2 is 2.09 bits per heavy atom. The van der Waals surface area contributed by atoms with Crippen molar-refractivity contribution in [3.05, 3.63) is 59.9 Å². The van der Waals surface area contributed by atoms with Crippen LogP contribution in [0.5, 0.6) is 5.75 Å². The largest absolute Gasteiger partial charge is 0.508 e. The van der Waals surface area contributed by atoms with E-state index < -0.39 is 6.04 Å². The van der Waals surface area contributed by atoms with Gasteiger partial charge in [-0.2, -0.15) is 5.26 Å². The second-order valence-electron chi connectivity index (χ2n) is 5.63. The maximum absolute atomic E-state index is 10.1. The predicted octanol–water partition coefficient (Wildman–Crippen LogP) is 3.58. The summed E-state index contributed by atoms with van der Waals surface area (Å²) in [5.41, 5.74) is 1.82. The molecular weight excluding hydrogens is 274 g/mol. The van der Waals surface area contributed by atoms with Crippen molar-refractivity contribution >= 4 is 0 Å². The maximum atomic E-state index is 10.1. The van der Waals surface area contributed by atoms with Gasteiger partial charge in [0.05, 0.1) is 6.07 Å². The van der Waals surface area contributed by atoms with Gasteiger partial charge < -0.3 is 5.11 Å². The third-order valence-corrected chi connectivity index (χ3v) is 4.30. The number of aromatic nitrogens is 1. The average molecular weight is 293 g/mol. The quantitative estimate of drug-likeness (QED) is 0.939. The molecule has 0 bridgehead atoms. The number of rotatable bonds is 3. The van der Waals surface area contributed by atoms with Crippen LogP contribution in [0.4, 0.5) is 0 Å². The second kappa shape index (κ2) is 6.59. The average Bonchev–Trinajstić information content (AvgIpc) is 2.58. The van der Waals surface area contributed by atoms with Crippen molar-refractivity contribution < 1.29 is 5.11 Å². The van der Waals surface area contributed by atoms with Gasteiger partial charge in [-0.1, -0.05) is 30.7 Å². The molecule has 0 radical (unpaired) electrons. The van der Waals surface area contributed by atoms with Crippen LogP contribution in [-0.4, -0.2) is 21.5 Å². The fourth-order valence-electron chi connectivity index (χ4n) is 3.24. The van der Waals surface area contributed by atoms with Gasteiger partial charge in [0.15, 0.2) is 0 Å². The molecule has 0 amide bonds. The minimum absolute atomic E-state index is 0.173. The predicted molar refractivity (Wildman–Crippen MR) is 84.0 cm³/mol. The van der Waals surface area contributed by atoms with E-state index in [0.717, 1.165) is 31.4 Å². The molecule has 1 aromatic heterocycles. The highest BCUT2D eigenvalue weighted by atomic mass is 16.3. The normalized spacial score (nSPS) is 20.2. The fourth-order valence-corrected chi connectivity index (χ4v) is 3.24. The van der Waals surface area contributed by atoms with Crippen LogP contribution in [0.15, 0.2) is 48.8 Å². The van der Waals surface area contributed by atoms with Crippen LogP contribution < -0.4 is 0 Å². The van der Waals surface area contributed by atoms with Crippen LogP contribution in [-0.2, 0) is 0 Å². The minimum Gasteiger partial charge on any atom is -0.508 e. The number of para-hydroxylation sites is 1. The number of nitrogens with zero attached hydrogens (tertiary/aromatic N) is 3. The first-order valence-corrected chi connectivity index (χ1v) is 7.64. The van der Waals surface area contributed by atoms with Crippen molar-refractivity contribution in [2.24, 2.45) is 0 Å². The van der Waals surface area contributed by atoms with Crippen molar-refractivity contribution in [3.63, 3.8) is 0 Å².